The summed E-state index contributed by atoms with van der Waals surface area (Å²) in [6.07, 6.45) is 2.68. The van der Waals surface area contributed by atoms with Crippen molar-refractivity contribution in [3.05, 3.63) is 65.4 Å². The first-order valence-electron chi connectivity index (χ1n) is 10.1. The maximum atomic E-state index is 13.2. The van der Waals surface area contributed by atoms with Gasteiger partial charge in [-0.2, -0.15) is 5.10 Å². The van der Waals surface area contributed by atoms with Crippen molar-refractivity contribution in [2.24, 2.45) is 10.7 Å². The molecule has 0 saturated carbocycles. The highest BCUT2D eigenvalue weighted by Crippen LogP contribution is 2.24. The Bertz CT molecular complexity index is 933. The lowest BCUT2D eigenvalue weighted by molar-refractivity contribution is 0.336. The molecule has 1 aliphatic rings. The Hall–Kier alpha value is -2.89. The summed E-state index contributed by atoms with van der Waals surface area (Å²) in [5, 5.41) is 4.77. The fourth-order valence-electron chi connectivity index (χ4n) is 3.60. The highest BCUT2D eigenvalue weighted by atomic mass is 19.1. The van der Waals surface area contributed by atoms with Gasteiger partial charge in [-0.15, -0.1) is 0 Å². The standard InChI is InChI=1S/C23H30FN5/c1-5-21-14-23(19-6-8-20(24)9-7-19)27-29(21)15-17(3)28-12-10-16(2)22(11-13-28)26-18(4)25/h6-9,14H,3,5,10-13,15H2,1-2,4H3,(H2,25,26). The first-order chi connectivity index (χ1) is 13.9. The number of aromatic nitrogens is 2. The van der Waals surface area contributed by atoms with Crippen LogP contribution in [0.15, 0.2) is 58.9 Å². The molecule has 2 heterocycles. The van der Waals surface area contributed by atoms with E-state index in [4.69, 9.17) is 10.8 Å². The minimum absolute atomic E-state index is 0.240. The van der Waals surface area contributed by atoms with Crippen LogP contribution in [0.4, 0.5) is 4.39 Å². The fourth-order valence-corrected chi connectivity index (χ4v) is 3.60. The van der Waals surface area contributed by atoms with Crippen LogP contribution in [-0.4, -0.2) is 33.6 Å². The quantitative estimate of drug-likeness (QED) is 0.578. The van der Waals surface area contributed by atoms with Crippen molar-refractivity contribution in [1.82, 2.24) is 14.7 Å². The third-order valence-corrected chi connectivity index (χ3v) is 5.32. The second-order valence-electron chi connectivity index (χ2n) is 7.57. The van der Waals surface area contributed by atoms with Gasteiger partial charge in [-0.25, -0.2) is 9.38 Å². The molecular weight excluding hydrogens is 365 g/mol. The molecule has 1 aromatic heterocycles. The number of rotatable bonds is 6. The van der Waals surface area contributed by atoms with Gasteiger partial charge in [0.15, 0.2) is 0 Å². The molecular formula is C23H30FN5. The first kappa shape index (κ1) is 20.8. The summed E-state index contributed by atoms with van der Waals surface area (Å²) in [5.41, 5.74) is 12.1. The molecule has 0 aliphatic carbocycles. The highest BCUT2D eigenvalue weighted by molar-refractivity contribution is 5.78. The van der Waals surface area contributed by atoms with Crippen LogP contribution in [-0.2, 0) is 13.0 Å². The van der Waals surface area contributed by atoms with Gasteiger partial charge in [0.1, 0.15) is 5.82 Å². The summed E-state index contributed by atoms with van der Waals surface area (Å²) >= 11 is 0. The van der Waals surface area contributed by atoms with Crippen LogP contribution < -0.4 is 5.73 Å². The van der Waals surface area contributed by atoms with Crippen molar-refractivity contribution in [2.75, 3.05) is 13.1 Å². The van der Waals surface area contributed by atoms with Gasteiger partial charge in [0.2, 0.25) is 0 Å². The number of hydrogen-bond acceptors (Lipinski definition) is 3. The van der Waals surface area contributed by atoms with E-state index in [1.54, 1.807) is 12.1 Å². The Balaban J connectivity index is 1.72. The van der Waals surface area contributed by atoms with Gasteiger partial charge in [-0.3, -0.25) is 4.68 Å². The van der Waals surface area contributed by atoms with Gasteiger partial charge >= 0.3 is 0 Å². The van der Waals surface area contributed by atoms with Crippen LogP contribution >= 0.6 is 0 Å². The number of hydrogen-bond donors (Lipinski definition) is 1. The van der Waals surface area contributed by atoms with E-state index in [0.29, 0.717) is 12.4 Å². The van der Waals surface area contributed by atoms with Crippen molar-refractivity contribution in [2.45, 2.75) is 46.6 Å². The Kier molecular flexibility index (Phi) is 6.52. The number of amidine groups is 1. The molecule has 0 unspecified atom stereocenters. The van der Waals surface area contributed by atoms with Crippen molar-refractivity contribution in [1.29, 1.82) is 0 Å². The maximum absolute atomic E-state index is 13.2. The van der Waals surface area contributed by atoms with Crippen molar-refractivity contribution in [3.63, 3.8) is 0 Å². The summed E-state index contributed by atoms with van der Waals surface area (Å²) in [4.78, 5) is 6.82. The summed E-state index contributed by atoms with van der Waals surface area (Å²) in [5.74, 6) is 0.361. The van der Waals surface area contributed by atoms with E-state index in [2.05, 4.69) is 36.4 Å². The molecule has 0 fully saturated rings. The zero-order chi connectivity index (χ0) is 21.0. The number of nitrogens with zero attached hydrogens (tertiary/aromatic N) is 4. The van der Waals surface area contributed by atoms with E-state index in [0.717, 1.165) is 60.7 Å². The summed E-state index contributed by atoms with van der Waals surface area (Å²) < 4.78 is 15.2. The second kappa shape index (κ2) is 9.07. The monoisotopic (exact) mass is 395 g/mol. The van der Waals surface area contributed by atoms with E-state index in [1.165, 1.54) is 17.7 Å². The topological polar surface area (TPSA) is 59.4 Å². The molecule has 1 aromatic carbocycles. The lowest BCUT2D eigenvalue weighted by atomic mass is 10.1. The van der Waals surface area contributed by atoms with Gasteiger partial charge in [0.05, 0.1) is 18.1 Å². The molecule has 0 spiro atoms. The predicted molar refractivity (Wildman–Crippen MR) is 117 cm³/mol. The molecule has 0 radical (unpaired) electrons. The number of nitrogens with two attached hydrogens (primary N) is 1. The van der Waals surface area contributed by atoms with E-state index in [-0.39, 0.29) is 5.82 Å². The molecule has 2 aromatic rings. The predicted octanol–water partition coefficient (Wildman–Crippen LogP) is 4.51. The largest absolute Gasteiger partial charge is 0.387 e. The lowest BCUT2D eigenvalue weighted by Gasteiger charge is -2.25. The fraction of sp³-hybridized carbons (Fsp3) is 0.391. The van der Waals surface area contributed by atoms with Crippen molar-refractivity contribution in [3.8, 4) is 11.3 Å². The molecule has 0 saturated heterocycles. The normalized spacial score (nSPS) is 15.6. The number of benzene rings is 1. The first-order valence-corrected chi connectivity index (χ1v) is 10.1. The number of aryl methyl sites for hydroxylation is 1. The average molecular weight is 396 g/mol. The average Bonchev–Trinajstić information content (AvgIpc) is 3.00. The molecule has 0 atom stereocenters. The van der Waals surface area contributed by atoms with E-state index >= 15 is 0 Å². The minimum atomic E-state index is -0.240. The minimum Gasteiger partial charge on any atom is -0.387 e. The van der Waals surface area contributed by atoms with Crippen LogP contribution in [0.5, 0.6) is 0 Å². The molecule has 5 nitrogen and oxygen atoms in total. The van der Waals surface area contributed by atoms with Crippen LogP contribution in [0.1, 0.15) is 39.3 Å². The van der Waals surface area contributed by atoms with Crippen molar-refractivity contribution >= 4 is 5.84 Å². The third-order valence-electron chi connectivity index (χ3n) is 5.32. The van der Waals surface area contributed by atoms with Crippen LogP contribution in [0.25, 0.3) is 11.3 Å². The van der Waals surface area contributed by atoms with Gasteiger partial charge in [0, 0.05) is 42.2 Å². The maximum Gasteiger partial charge on any atom is 0.123 e. The van der Waals surface area contributed by atoms with Gasteiger partial charge in [-0.05, 0) is 62.6 Å². The summed E-state index contributed by atoms with van der Waals surface area (Å²) in [6, 6.07) is 8.54. The van der Waals surface area contributed by atoms with Crippen molar-refractivity contribution < 1.29 is 4.39 Å². The van der Waals surface area contributed by atoms with Crippen LogP contribution in [0.2, 0.25) is 0 Å². The number of aliphatic imine (C=N–C) groups is 1. The molecule has 6 heteroatoms. The number of halogens is 1. The van der Waals surface area contributed by atoms with Gasteiger partial charge in [-0.1, -0.05) is 13.5 Å². The molecule has 0 amide bonds. The Morgan fingerprint density at radius 1 is 1.24 bits per heavy atom. The van der Waals surface area contributed by atoms with Crippen LogP contribution in [0, 0.1) is 5.82 Å². The van der Waals surface area contributed by atoms with Gasteiger partial charge < -0.3 is 10.6 Å². The third kappa shape index (κ3) is 5.13. The van der Waals surface area contributed by atoms with E-state index in [1.807, 2.05) is 11.6 Å². The zero-order valence-corrected chi connectivity index (χ0v) is 17.6. The molecule has 3 rings (SSSR count). The highest BCUT2D eigenvalue weighted by Gasteiger charge is 2.17. The molecule has 1 aliphatic heterocycles. The second-order valence-corrected chi connectivity index (χ2v) is 7.57. The van der Waals surface area contributed by atoms with E-state index in [9.17, 15) is 4.39 Å². The molecule has 0 bridgehead atoms. The SMILES string of the molecule is C=C(Cn1nc(-c2ccc(F)cc2)cc1CC)N1CCC(C)=C(N=C(C)N)CC1. The Morgan fingerprint density at radius 3 is 2.59 bits per heavy atom. The lowest BCUT2D eigenvalue weighted by Crippen LogP contribution is -2.27. The molecule has 2 N–H and O–H groups in total. The summed E-state index contributed by atoms with van der Waals surface area (Å²) in [6.45, 7) is 12.8. The van der Waals surface area contributed by atoms with E-state index < -0.39 is 0 Å². The van der Waals surface area contributed by atoms with Gasteiger partial charge in [0.25, 0.3) is 0 Å². The number of allylic oxidation sites excluding steroid dienone is 1. The Labute approximate surface area is 172 Å². The smallest absolute Gasteiger partial charge is 0.123 e. The van der Waals surface area contributed by atoms with Crippen LogP contribution in [0.3, 0.4) is 0 Å². The zero-order valence-electron chi connectivity index (χ0n) is 17.6. The Morgan fingerprint density at radius 2 is 1.93 bits per heavy atom. The summed E-state index contributed by atoms with van der Waals surface area (Å²) in [7, 11) is 0. The molecule has 154 valence electrons. The molecule has 29 heavy (non-hydrogen) atoms.